The van der Waals surface area contributed by atoms with E-state index in [4.69, 9.17) is 0 Å². The Bertz CT molecular complexity index is 971. The highest BCUT2D eigenvalue weighted by molar-refractivity contribution is 7.16. The van der Waals surface area contributed by atoms with Gasteiger partial charge in [-0.15, -0.1) is 11.3 Å². The predicted octanol–water partition coefficient (Wildman–Crippen LogP) is 3.03. The highest BCUT2D eigenvalue weighted by Crippen LogP contribution is 2.26. The number of hydrogen-bond donors (Lipinski definition) is 1. The smallest absolute Gasteiger partial charge is 0.211 e. The number of aromatic nitrogens is 2. The average Bonchev–Trinajstić information content (AvgIpc) is 3.22. The number of carbonyl (C=O) groups is 1. The molecular weight excluding hydrogens is 292 g/mol. The fraction of sp³-hybridized carbons (Fsp3) is 0.278. The minimum absolute atomic E-state index is 0.126. The summed E-state index contributed by atoms with van der Waals surface area (Å²) in [4.78, 5) is 17.5. The van der Waals surface area contributed by atoms with Gasteiger partial charge in [-0.3, -0.25) is 4.79 Å². The van der Waals surface area contributed by atoms with Crippen LogP contribution in [0.25, 0.3) is 22.4 Å². The van der Waals surface area contributed by atoms with Crippen molar-refractivity contribution in [3.63, 3.8) is 0 Å². The van der Waals surface area contributed by atoms with Crippen LogP contribution >= 0.6 is 11.3 Å². The molecule has 0 saturated carbocycles. The summed E-state index contributed by atoms with van der Waals surface area (Å²) in [6.45, 7) is 3.03. The molecule has 0 atom stereocenters. The van der Waals surface area contributed by atoms with Gasteiger partial charge in [-0.25, -0.2) is 0 Å². The van der Waals surface area contributed by atoms with Crippen molar-refractivity contribution in [3.8, 4) is 0 Å². The van der Waals surface area contributed by atoms with E-state index >= 15 is 0 Å². The lowest BCUT2D eigenvalue weighted by molar-refractivity contribution is 0.103. The van der Waals surface area contributed by atoms with E-state index in [9.17, 15) is 4.79 Å². The first-order valence-corrected chi connectivity index (χ1v) is 8.66. The molecule has 112 valence electrons. The number of carbonyl (C=O) groups excluding carboxylic acids is 1. The van der Waals surface area contributed by atoms with Crippen molar-refractivity contribution in [2.24, 2.45) is 0 Å². The fourth-order valence-electron chi connectivity index (χ4n) is 3.23. The van der Waals surface area contributed by atoms with E-state index in [1.54, 1.807) is 11.3 Å². The fourth-order valence-corrected chi connectivity index (χ4v) is 4.15. The van der Waals surface area contributed by atoms with Crippen molar-refractivity contribution in [2.75, 3.05) is 0 Å². The molecular formula is C18H18N2OS. The second-order valence-corrected chi connectivity index (χ2v) is 6.60. The van der Waals surface area contributed by atoms with Crippen molar-refractivity contribution in [1.82, 2.24) is 9.55 Å². The Morgan fingerprint density at radius 1 is 1.36 bits per heavy atom. The number of aryl methyl sites for hydroxylation is 1. The lowest BCUT2D eigenvalue weighted by Crippen LogP contribution is -2.29. The molecule has 0 fully saturated rings. The number of thiophene rings is 1. The summed E-state index contributed by atoms with van der Waals surface area (Å²) in [6, 6.07) is 4.13. The molecule has 4 heteroatoms. The molecule has 3 heterocycles. The summed E-state index contributed by atoms with van der Waals surface area (Å²) in [7, 11) is 0. The Balaban J connectivity index is 1.89. The SMILES string of the molecule is CCCn1c(C(=O)c2c[nH]c3c2=CCCC=3)cc2ccsc21. The minimum atomic E-state index is 0.126. The molecule has 3 aromatic rings. The summed E-state index contributed by atoms with van der Waals surface area (Å²) in [5, 5.41) is 5.42. The third-order valence-corrected chi connectivity index (χ3v) is 5.19. The number of ketones is 1. The molecule has 1 N–H and O–H groups in total. The van der Waals surface area contributed by atoms with Gasteiger partial charge in [-0.2, -0.15) is 0 Å². The Morgan fingerprint density at radius 3 is 3.09 bits per heavy atom. The zero-order valence-corrected chi connectivity index (χ0v) is 13.4. The summed E-state index contributed by atoms with van der Waals surface area (Å²) < 4.78 is 2.17. The van der Waals surface area contributed by atoms with Gasteiger partial charge in [0.25, 0.3) is 0 Å². The van der Waals surface area contributed by atoms with Crippen LogP contribution in [0.5, 0.6) is 0 Å². The van der Waals surface area contributed by atoms with Crippen LogP contribution < -0.4 is 10.6 Å². The van der Waals surface area contributed by atoms with Crippen LogP contribution in [0.2, 0.25) is 0 Å². The van der Waals surface area contributed by atoms with Crippen LogP contribution in [0.1, 0.15) is 42.2 Å². The largest absolute Gasteiger partial charge is 0.361 e. The van der Waals surface area contributed by atoms with Gasteiger partial charge >= 0.3 is 0 Å². The Labute approximate surface area is 132 Å². The summed E-state index contributed by atoms with van der Waals surface area (Å²) in [5.74, 6) is 0.126. The minimum Gasteiger partial charge on any atom is -0.361 e. The molecule has 0 radical (unpaired) electrons. The molecule has 0 spiro atoms. The molecule has 0 amide bonds. The lowest BCUT2D eigenvalue weighted by atomic mass is 10.1. The van der Waals surface area contributed by atoms with Crippen LogP contribution in [0.15, 0.2) is 23.7 Å². The van der Waals surface area contributed by atoms with Gasteiger partial charge in [0, 0.05) is 34.3 Å². The number of aromatic amines is 1. The average molecular weight is 310 g/mol. The first kappa shape index (κ1) is 13.6. The monoisotopic (exact) mass is 310 g/mol. The maximum Gasteiger partial charge on any atom is 0.211 e. The van der Waals surface area contributed by atoms with E-state index in [0.29, 0.717) is 0 Å². The van der Waals surface area contributed by atoms with Crippen molar-refractivity contribution < 1.29 is 4.79 Å². The zero-order chi connectivity index (χ0) is 15.1. The topological polar surface area (TPSA) is 37.8 Å². The van der Waals surface area contributed by atoms with E-state index in [1.807, 2.05) is 12.3 Å². The van der Waals surface area contributed by atoms with E-state index in [-0.39, 0.29) is 5.78 Å². The number of nitrogens with zero attached hydrogens (tertiary/aromatic N) is 1. The van der Waals surface area contributed by atoms with Crippen molar-refractivity contribution >= 4 is 39.5 Å². The number of nitrogens with one attached hydrogen (secondary N) is 1. The highest BCUT2D eigenvalue weighted by atomic mass is 32.1. The van der Waals surface area contributed by atoms with E-state index in [0.717, 1.165) is 47.6 Å². The third-order valence-electron chi connectivity index (χ3n) is 4.24. The van der Waals surface area contributed by atoms with Crippen molar-refractivity contribution in [1.29, 1.82) is 0 Å². The maximum absolute atomic E-state index is 13.1. The molecule has 1 aliphatic rings. The second kappa shape index (κ2) is 5.29. The van der Waals surface area contributed by atoms with Gasteiger partial charge in [0.1, 0.15) is 4.83 Å². The normalized spacial score (nSPS) is 13.7. The standard InChI is InChI=1S/C18H18N2OS/c1-2-8-20-16(10-12-7-9-22-18(12)20)17(21)14-11-19-15-6-4-3-5-13(14)15/h5-7,9-11,19H,2-4,8H2,1H3. The number of H-pyrrole nitrogens is 1. The Kier molecular flexibility index (Phi) is 3.26. The molecule has 0 aliphatic heterocycles. The van der Waals surface area contributed by atoms with Gasteiger partial charge in [-0.05, 0) is 36.8 Å². The molecule has 0 unspecified atom stereocenters. The maximum atomic E-state index is 13.1. The first-order valence-electron chi connectivity index (χ1n) is 7.79. The van der Waals surface area contributed by atoms with Gasteiger partial charge in [0.05, 0.1) is 5.69 Å². The second-order valence-electron chi connectivity index (χ2n) is 5.71. The zero-order valence-electron chi connectivity index (χ0n) is 12.6. The van der Waals surface area contributed by atoms with Gasteiger partial charge < -0.3 is 9.55 Å². The summed E-state index contributed by atoms with van der Waals surface area (Å²) >= 11 is 1.71. The molecule has 0 bridgehead atoms. The van der Waals surface area contributed by atoms with E-state index < -0.39 is 0 Å². The molecule has 0 saturated heterocycles. The van der Waals surface area contributed by atoms with Crippen LogP contribution in [-0.2, 0) is 6.54 Å². The highest BCUT2D eigenvalue weighted by Gasteiger charge is 2.19. The van der Waals surface area contributed by atoms with Crippen molar-refractivity contribution in [3.05, 3.63) is 45.5 Å². The van der Waals surface area contributed by atoms with Crippen LogP contribution in [0.3, 0.4) is 0 Å². The number of rotatable bonds is 4. The number of hydrogen-bond acceptors (Lipinski definition) is 2. The molecule has 3 nitrogen and oxygen atoms in total. The predicted molar refractivity (Wildman–Crippen MR) is 91.7 cm³/mol. The van der Waals surface area contributed by atoms with Gasteiger partial charge in [0.15, 0.2) is 0 Å². The van der Waals surface area contributed by atoms with Gasteiger partial charge in [-0.1, -0.05) is 19.1 Å². The molecule has 22 heavy (non-hydrogen) atoms. The van der Waals surface area contributed by atoms with Crippen molar-refractivity contribution in [2.45, 2.75) is 32.7 Å². The summed E-state index contributed by atoms with van der Waals surface area (Å²) in [6.07, 6.45) is 9.29. The Hall–Kier alpha value is -2.07. The van der Waals surface area contributed by atoms with Crippen LogP contribution in [-0.4, -0.2) is 15.3 Å². The molecule has 0 aromatic carbocycles. The van der Waals surface area contributed by atoms with E-state index in [1.165, 1.54) is 10.2 Å². The third kappa shape index (κ3) is 1.98. The van der Waals surface area contributed by atoms with E-state index in [2.05, 4.69) is 40.1 Å². The lowest BCUT2D eigenvalue weighted by Gasteiger charge is -2.07. The Morgan fingerprint density at radius 2 is 2.23 bits per heavy atom. The first-order chi connectivity index (χ1) is 10.8. The quantitative estimate of drug-likeness (QED) is 0.739. The molecule has 4 rings (SSSR count). The van der Waals surface area contributed by atoms with Gasteiger partial charge in [0.2, 0.25) is 5.78 Å². The summed E-state index contributed by atoms with van der Waals surface area (Å²) in [5.41, 5.74) is 1.61. The van der Waals surface area contributed by atoms with Crippen LogP contribution in [0, 0.1) is 0 Å². The molecule has 1 aliphatic carbocycles. The van der Waals surface area contributed by atoms with Crippen LogP contribution in [0.4, 0.5) is 0 Å². The number of fused-ring (bicyclic) bond motifs is 2. The molecule has 3 aromatic heterocycles.